The van der Waals surface area contributed by atoms with Crippen LogP contribution in [0.25, 0.3) is 0 Å². The first-order valence-corrected chi connectivity index (χ1v) is 5.15. The van der Waals surface area contributed by atoms with Gasteiger partial charge in [-0.1, -0.05) is 19.1 Å². The van der Waals surface area contributed by atoms with Gasteiger partial charge in [-0.25, -0.2) is 0 Å². The van der Waals surface area contributed by atoms with E-state index in [1.54, 1.807) is 0 Å². The van der Waals surface area contributed by atoms with Gasteiger partial charge >= 0.3 is 0 Å². The first-order valence-electron chi connectivity index (χ1n) is 4.61. The molecule has 0 aliphatic carbocycles. The molecular weight excluding hydrogens is 172 g/mol. The van der Waals surface area contributed by atoms with E-state index < -0.39 is 0 Å². The maximum absolute atomic E-state index is 5.56. The predicted molar refractivity (Wildman–Crippen MR) is 54.8 cm³/mol. The summed E-state index contributed by atoms with van der Waals surface area (Å²) in [5, 5.41) is 0. The minimum Gasteiger partial charge on any atom is -0.381 e. The van der Waals surface area contributed by atoms with Crippen LogP contribution < -0.4 is 0 Å². The minimum atomic E-state index is 0.731. The van der Waals surface area contributed by atoms with E-state index in [1.807, 2.05) is 0 Å². The summed E-state index contributed by atoms with van der Waals surface area (Å²) in [4.78, 5) is 0. The molecule has 0 saturated carbocycles. The van der Waals surface area contributed by atoms with Crippen molar-refractivity contribution in [2.24, 2.45) is 0 Å². The van der Waals surface area contributed by atoms with Crippen LogP contribution in [-0.4, -0.2) is 19.1 Å². The Kier molecular flexibility index (Phi) is 9.07. The van der Waals surface area contributed by atoms with Gasteiger partial charge in [0.1, 0.15) is 0 Å². The third-order valence-corrected chi connectivity index (χ3v) is 1.88. The van der Waals surface area contributed by atoms with Crippen LogP contribution in [0.1, 0.15) is 32.6 Å². The lowest BCUT2D eigenvalue weighted by molar-refractivity contribution is 0.137. The van der Waals surface area contributed by atoms with Crippen LogP contribution in [0.15, 0.2) is 12.2 Å². The highest BCUT2D eigenvalue weighted by Gasteiger charge is 1.94. The monoisotopic (exact) mass is 190 g/mol. The molecule has 0 bridgehead atoms. The first-order chi connectivity index (χ1) is 5.81. The van der Waals surface area contributed by atoms with Gasteiger partial charge in [-0.2, -0.15) is 0 Å². The first kappa shape index (κ1) is 12.0. The molecule has 0 spiro atoms. The molecule has 0 saturated heterocycles. The second kappa shape index (κ2) is 9.08. The number of hydrogen-bond donors (Lipinski definition) is 0. The summed E-state index contributed by atoms with van der Waals surface area (Å²) in [5.41, 5.74) is 1.26. The van der Waals surface area contributed by atoms with Crippen molar-refractivity contribution in [3.8, 4) is 0 Å². The highest BCUT2D eigenvalue weighted by atomic mass is 35.5. The molecule has 0 rings (SSSR count). The lowest BCUT2D eigenvalue weighted by Crippen LogP contribution is -1.97. The van der Waals surface area contributed by atoms with E-state index in [-0.39, 0.29) is 0 Å². The fourth-order valence-corrected chi connectivity index (χ4v) is 1.04. The van der Waals surface area contributed by atoms with E-state index in [2.05, 4.69) is 13.5 Å². The average molecular weight is 191 g/mol. The van der Waals surface area contributed by atoms with Gasteiger partial charge in [0.15, 0.2) is 0 Å². The normalized spacial score (nSPS) is 10.2. The standard InChI is InChI=1S/C10H19ClO/c1-3-8-12-9-6-10(2)5-4-7-11/h2-9H2,1H3. The van der Waals surface area contributed by atoms with Gasteiger partial charge in [0.2, 0.25) is 0 Å². The summed E-state index contributed by atoms with van der Waals surface area (Å²) in [7, 11) is 0. The Morgan fingerprint density at radius 2 is 2.08 bits per heavy atom. The maximum atomic E-state index is 5.56. The maximum Gasteiger partial charge on any atom is 0.0503 e. The highest BCUT2D eigenvalue weighted by Crippen LogP contribution is 2.07. The zero-order valence-corrected chi connectivity index (χ0v) is 8.70. The Hall–Kier alpha value is -0.0100. The van der Waals surface area contributed by atoms with Crippen molar-refractivity contribution in [3.05, 3.63) is 12.2 Å². The highest BCUT2D eigenvalue weighted by molar-refractivity contribution is 6.17. The molecule has 0 aromatic heterocycles. The molecule has 0 amide bonds. The molecule has 0 aromatic carbocycles. The Morgan fingerprint density at radius 1 is 1.33 bits per heavy atom. The van der Waals surface area contributed by atoms with Gasteiger partial charge in [-0.05, 0) is 25.7 Å². The van der Waals surface area contributed by atoms with Crippen molar-refractivity contribution < 1.29 is 4.74 Å². The quantitative estimate of drug-likeness (QED) is 0.324. The second-order valence-electron chi connectivity index (χ2n) is 2.90. The zero-order valence-electron chi connectivity index (χ0n) is 7.94. The Labute approximate surface area is 80.8 Å². The minimum absolute atomic E-state index is 0.731. The van der Waals surface area contributed by atoms with Crippen molar-refractivity contribution in [2.75, 3.05) is 19.1 Å². The number of rotatable bonds is 8. The van der Waals surface area contributed by atoms with Crippen LogP contribution >= 0.6 is 11.6 Å². The van der Waals surface area contributed by atoms with E-state index in [4.69, 9.17) is 16.3 Å². The van der Waals surface area contributed by atoms with Crippen LogP contribution in [0.2, 0.25) is 0 Å². The van der Waals surface area contributed by atoms with Crippen molar-refractivity contribution in [2.45, 2.75) is 32.6 Å². The van der Waals surface area contributed by atoms with Crippen LogP contribution in [0.3, 0.4) is 0 Å². The van der Waals surface area contributed by atoms with E-state index in [1.165, 1.54) is 5.57 Å². The molecule has 1 nitrogen and oxygen atoms in total. The van der Waals surface area contributed by atoms with Gasteiger partial charge in [0.05, 0.1) is 6.61 Å². The van der Waals surface area contributed by atoms with Crippen LogP contribution in [0.4, 0.5) is 0 Å². The zero-order chi connectivity index (χ0) is 9.23. The summed E-state index contributed by atoms with van der Waals surface area (Å²) in [5.74, 6) is 0.731. The Balaban J connectivity index is 3.08. The van der Waals surface area contributed by atoms with E-state index in [0.717, 1.165) is 44.8 Å². The Morgan fingerprint density at radius 3 is 2.67 bits per heavy atom. The molecule has 0 aromatic rings. The number of halogens is 1. The van der Waals surface area contributed by atoms with Crippen molar-refractivity contribution in [3.63, 3.8) is 0 Å². The molecule has 12 heavy (non-hydrogen) atoms. The van der Waals surface area contributed by atoms with Gasteiger partial charge < -0.3 is 4.74 Å². The van der Waals surface area contributed by atoms with Gasteiger partial charge in [0.25, 0.3) is 0 Å². The molecule has 0 heterocycles. The number of alkyl halides is 1. The molecule has 0 aliphatic rings. The fourth-order valence-electron chi connectivity index (χ4n) is 0.905. The van der Waals surface area contributed by atoms with Crippen molar-refractivity contribution in [1.29, 1.82) is 0 Å². The molecule has 72 valence electrons. The summed E-state index contributed by atoms with van der Waals surface area (Å²) in [6.07, 6.45) is 4.15. The molecule has 0 aliphatic heterocycles. The molecular formula is C10H19ClO. The van der Waals surface area contributed by atoms with Crippen LogP contribution in [-0.2, 0) is 4.74 Å². The smallest absolute Gasteiger partial charge is 0.0503 e. The Bertz CT molecular complexity index is 112. The van der Waals surface area contributed by atoms with Gasteiger partial charge in [-0.3, -0.25) is 0 Å². The van der Waals surface area contributed by atoms with Crippen molar-refractivity contribution in [1.82, 2.24) is 0 Å². The third-order valence-electron chi connectivity index (χ3n) is 1.61. The third kappa shape index (κ3) is 8.09. The molecule has 0 fully saturated rings. The molecule has 2 heteroatoms. The number of ether oxygens (including phenoxy) is 1. The SMILES string of the molecule is C=C(CCCCl)CCOCCC. The van der Waals surface area contributed by atoms with Gasteiger partial charge in [-0.15, -0.1) is 11.6 Å². The molecule has 0 atom stereocenters. The largest absolute Gasteiger partial charge is 0.381 e. The molecule has 0 N–H and O–H groups in total. The lowest BCUT2D eigenvalue weighted by Gasteiger charge is -2.04. The second-order valence-corrected chi connectivity index (χ2v) is 3.28. The van der Waals surface area contributed by atoms with E-state index in [0.29, 0.717) is 0 Å². The fraction of sp³-hybridized carbons (Fsp3) is 0.800. The summed E-state index contributed by atoms with van der Waals surface area (Å²) >= 11 is 5.56. The summed E-state index contributed by atoms with van der Waals surface area (Å²) in [6, 6.07) is 0. The topological polar surface area (TPSA) is 9.23 Å². The lowest BCUT2D eigenvalue weighted by atomic mass is 10.1. The van der Waals surface area contributed by atoms with Crippen molar-refractivity contribution >= 4 is 11.6 Å². The van der Waals surface area contributed by atoms with Crippen LogP contribution in [0.5, 0.6) is 0 Å². The van der Waals surface area contributed by atoms with Gasteiger partial charge in [0, 0.05) is 12.5 Å². The predicted octanol–water partition coefficient (Wildman–Crippen LogP) is 3.38. The summed E-state index contributed by atoms with van der Waals surface area (Å²) < 4.78 is 5.34. The number of hydrogen-bond acceptors (Lipinski definition) is 1. The van der Waals surface area contributed by atoms with E-state index >= 15 is 0 Å². The molecule has 0 radical (unpaired) electrons. The summed E-state index contributed by atoms with van der Waals surface area (Å²) in [6.45, 7) is 7.74. The average Bonchev–Trinajstić information content (AvgIpc) is 2.09. The molecule has 0 unspecified atom stereocenters. The van der Waals surface area contributed by atoms with Crippen LogP contribution in [0, 0.1) is 0 Å². The van der Waals surface area contributed by atoms with E-state index in [9.17, 15) is 0 Å².